The van der Waals surface area contributed by atoms with Gasteiger partial charge in [0.2, 0.25) is 0 Å². The minimum Gasteiger partial charge on any atom is -0.478 e. The van der Waals surface area contributed by atoms with E-state index in [4.69, 9.17) is 5.11 Å². The summed E-state index contributed by atoms with van der Waals surface area (Å²) in [6, 6.07) is 8.87. The van der Waals surface area contributed by atoms with Crippen LogP contribution in [0.3, 0.4) is 0 Å². The van der Waals surface area contributed by atoms with E-state index < -0.39 is 5.97 Å². The van der Waals surface area contributed by atoms with Crippen molar-refractivity contribution in [2.45, 2.75) is 6.92 Å². The van der Waals surface area contributed by atoms with E-state index >= 15 is 0 Å². The number of aromatic carboxylic acids is 1. The fourth-order valence-corrected chi connectivity index (χ4v) is 1.90. The summed E-state index contributed by atoms with van der Waals surface area (Å²) in [4.78, 5) is 15.1. The number of halogens is 1. The summed E-state index contributed by atoms with van der Waals surface area (Å²) < 4.78 is 0.920. The molecule has 0 fully saturated rings. The molecular formula is C13H11BrN2O2. The molecule has 1 aromatic heterocycles. The maximum Gasteiger partial charge on any atom is 0.339 e. The van der Waals surface area contributed by atoms with Crippen molar-refractivity contribution in [2.75, 3.05) is 5.32 Å². The highest BCUT2D eigenvalue weighted by molar-refractivity contribution is 9.10. The molecule has 5 heteroatoms. The zero-order valence-electron chi connectivity index (χ0n) is 9.64. The molecule has 0 aliphatic carbocycles. The lowest BCUT2D eigenvalue weighted by Gasteiger charge is -2.11. The zero-order valence-corrected chi connectivity index (χ0v) is 11.2. The van der Waals surface area contributed by atoms with Crippen LogP contribution >= 0.6 is 15.9 Å². The average Bonchev–Trinajstić information content (AvgIpc) is 2.34. The van der Waals surface area contributed by atoms with E-state index in [0.717, 1.165) is 15.7 Å². The third-order valence-corrected chi connectivity index (χ3v) is 2.98. The predicted molar refractivity (Wildman–Crippen MR) is 73.4 cm³/mol. The molecular weight excluding hydrogens is 296 g/mol. The fraction of sp³-hybridized carbons (Fsp3) is 0.0769. The Morgan fingerprint density at radius 2 is 2.17 bits per heavy atom. The Kier molecular flexibility index (Phi) is 3.62. The third kappa shape index (κ3) is 2.68. The van der Waals surface area contributed by atoms with Gasteiger partial charge in [0.25, 0.3) is 0 Å². The average molecular weight is 307 g/mol. The molecule has 4 nitrogen and oxygen atoms in total. The minimum absolute atomic E-state index is 0.150. The van der Waals surface area contributed by atoms with Crippen molar-refractivity contribution in [1.82, 2.24) is 4.98 Å². The first-order valence-corrected chi connectivity index (χ1v) is 6.08. The number of carboxylic acid groups (broad SMARTS) is 1. The second-order valence-corrected chi connectivity index (χ2v) is 4.70. The van der Waals surface area contributed by atoms with E-state index in [1.807, 2.05) is 25.1 Å². The predicted octanol–water partition coefficient (Wildman–Crippen LogP) is 3.59. The van der Waals surface area contributed by atoms with Gasteiger partial charge < -0.3 is 10.4 Å². The van der Waals surface area contributed by atoms with Gasteiger partial charge in [-0.15, -0.1) is 0 Å². The standard InChI is InChI=1S/C13H11BrN2O2/c1-8-4-5-9(14)7-11(8)16-12-10(13(17)18)3-2-6-15-12/h2-7H,1H3,(H,15,16)(H,17,18). The van der Waals surface area contributed by atoms with Crippen LogP contribution in [-0.4, -0.2) is 16.1 Å². The first-order chi connectivity index (χ1) is 8.58. The third-order valence-electron chi connectivity index (χ3n) is 2.49. The molecule has 0 unspecified atom stereocenters. The Hall–Kier alpha value is -1.88. The molecule has 2 N–H and O–H groups in total. The number of rotatable bonds is 3. The summed E-state index contributed by atoms with van der Waals surface area (Å²) in [6.45, 7) is 1.94. The van der Waals surface area contributed by atoms with Gasteiger partial charge in [0, 0.05) is 16.4 Å². The number of hydrogen-bond donors (Lipinski definition) is 2. The van der Waals surface area contributed by atoms with Gasteiger partial charge in [-0.05, 0) is 36.8 Å². The highest BCUT2D eigenvalue weighted by Crippen LogP contribution is 2.25. The molecule has 0 bridgehead atoms. The SMILES string of the molecule is Cc1ccc(Br)cc1Nc1ncccc1C(=O)O. The number of carbonyl (C=O) groups is 1. The number of pyridine rings is 1. The second kappa shape index (κ2) is 5.18. The molecule has 1 heterocycles. The first kappa shape index (κ1) is 12.6. The van der Waals surface area contributed by atoms with Gasteiger partial charge in [-0.1, -0.05) is 22.0 Å². The van der Waals surface area contributed by atoms with Gasteiger partial charge in [-0.2, -0.15) is 0 Å². The Morgan fingerprint density at radius 3 is 2.89 bits per heavy atom. The highest BCUT2D eigenvalue weighted by atomic mass is 79.9. The Balaban J connectivity index is 2.40. The van der Waals surface area contributed by atoms with Crippen molar-refractivity contribution < 1.29 is 9.90 Å². The van der Waals surface area contributed by atoms with E-state index in [1.165, 1.54) is 6.07 Å². The lowest BCUT2D eigenvalue weighted by molar-refractivity contribution is 0.0697. The van der Waals surface area contributed by atoms with E-state index in [2.05, 4.69) is 26.2 Å². The van der Waals surface area contributed by atoms with Crippen molar-refractivity contribution >= 4 is 33.4 Å². The maximum atomic E-state index is 11.1. The topological polar surface area (TPSA) is 62.2 Å². The Labute approximate surface area is 113 Å². The number of nitrogens with zero attached hydrogens (tertiary/aromatic N) is 1. The van der Waals surface area contributed by atoms with Crippen LogP contribution in [0.25, 0.3) is 0 Å². The number of carboxylic acids is 1. The van der Waals surface area contributed by atoms with Crippen molar-refractivity contribution in [2.24, 2.45) is 0 Å². The van der Waals surface area contributed by atoms with Crippen molar-refractivity contribution in [3.05, 3.63) is 52.1 Å². The van der Waals surface area contributed by atoms with Gasteiger partial charge in [0.1, 0.15) is 11.4 Å². The molecule has 0 spiro atoms. The smallest absolute Gasteiger partial charge is 0.339 e. The summed E-state index contributed by atoms with van der Waals surface area (Å²) in [5.74, 6) is -0.663. The van der Waals surface area contributed by atoms with Crippen molar-refractivity contribution in [3.63, 3.8) is 0 Å². The molecule has 0 amide bonds. The van der Waals surface area contributed by atoms with E-state index in [9.17, 15) is 4.79 Å². The van der Waals surface area contributed by atoms with E-state index in [1.54, 1.807) is 12.3 Å². The van der Waals surface area contributed by atoms with Gasteiger partial charge in [0.15, 0.2) is 0 Å². The fourth-order valence-electron chi connectivity index (χ4n) is 1.53. The summed E-state index contributed by atoms with van der Waals surface area (Å²) in [5.41, 5.74) is 1.99. The van der Waals surface area contributed by atoms with Crippen LogP contribution in [0.1, 0.15) is 15.9 Å². The summed E-state index contributed by atoms with van der Waals surface area (Å²) in [5, 5.41) is 12.1. The van der Waals surface area contributed by atoms with Crippen LogP contribution in [0.4, 0.5) is 11.5 Å². The largest absolute Gasteiger partial charge is 0.478 e. The molecule has 0 aliphatic heterocycles. The second-order valence-electron chi connectivity index (χ2n) is 3.79. The number of anilines is 2. The van der Waals surface area contributed by atoms with Crippen molar-refractivity contribution in [1.29, 1.82) is 0 Å². The van der Waals surface area contributed by atoms with Crippen LogP contribution in [0.2, 0.25) is 0 Å². The van der Waals surface area contributed by atoms with E-state index in [-0.39, 0.29) is 5.56 Å². The van der Waals surface area contributed by atoms with Crippen molar-refractivity contribution in [3.8, 4) is 0 Å². The molecule has 2 rings (SSSR count). The van der Waals surface area contributed by atoms with Crippen LogP contribution in [-0.2, 0) is 0 Å². The Morgan fingerprint density at radius 1 is 1.39 bits per heavy atom. The van der Waals surface area contributed by atoms with Gasteiger partial charge in [-0.25, -0.2) is 9.78 Å². The number of aromatic nitrogens is 1. The molecule has 1 aromatic carbocycles. The molecule has 18 heavy (non-hydrogen) atoms. The maximum absolute atomic E-state index is 11.1. The first-order valence-electron chi connectivity index (χ1n) is 5.29. The number of benzene rings is 1. The monoisotopic (exact) mass is 306 g/mol. The number of aryl methyl sites for hydroxylation is 1. The van der Waals surface area contributed by atoms with E-state index in [0.29, 0.717) is 5.82 Å². The molecule has 92 valence electrons. The quantitative estimate of drug-likeness (QED) is 0.909. The lowest BCUT2D eigenvalue weighted by atomic mass is 10.2. The van der Waals surface area contributed by atoms with Gasteiger partial charge in [0.05, 0.1) is 0 Å². The molecule has 0 saturated carbocycles. The summed E-state index contributed by atoms with van der Waals surface area (Å²) in [7, 11) is 0. The molecule has 0 atom stereocenters. The van der Waals surface area contributed by atoms with Crippen LogP contribution in [0, 0.1) is 6.92 Å². The minimum atomic E-state index is -1.00. The number of nitrogens with one attached hydrogen (secondary N) is 1. The Bertz CT molecular complexity index is 599. The molecule has 2 aromatic rings. The van der Waals surface area contributed by atoms with Crippen LogP contribution in [0.5, 0.6) is 0 Å². The molecule has 0 saturated heterocycles. The molecule has 0 aliphatic rings. The van der Waals surface area contributed by atoms with Crippen LogP contribution < -0.4 is 5.32 Å². The van der Waals surface area contributed by atoms with Gasteiger partial charge in [-0.3, -0.25) is 0 Å². The van der Waals surface area contributed by atoms with Crippen LogP contribution in [0.15, 0.2) is 41.0 Å². The summed E-state index contributed by atoms with van der Waals surface area (Å²) in [6.07, 6.45) is 1.56. The highest BCUT2D eigenvalue weighted by Gasteiger charge is 2.11. The number of hydrogen-bond acceptors (Lipinski definition) is 3. The zero-order chi connectivity index (χ0) is 13.1. The normalized spacial score (nSPS) is 10.1. The van der Waals surface area contributed by atoms with Gasteiger partial charge >= 0.3 is 5.97 Å². The lowest BCUT2D eigenvalue weighted by Crippen LogP contribution is -2.05. The molecule has 0 radical (unpaired) electrons. The summed E-state index contributed by atoms with van der Waals surface area (Å²) >= 11 is 3.38.